The van der Waals surface area contributed by atoms with Crippen LogP contribution >= 0.6 is 11.8 Å². The molecule has 0 saturated heterocycles. The first-order valence-corrected chi connectivity index (χ1v) is 32.2. The fraction of sp³-hybridized carbons (Fsp3) is 0.0959. The summed E-state index contributed by atoms with van der Waals surface area (Å²) in [5.41, 5.74) is 10.9. The maximum absolute atomic E-state index is 13.7. The van der Waals surface area contributed by atoms with Gasteiger partial charge in [-0.15, -0.1) is 0 Å². The van der Waals surface area contributed by atoms with Crippen LogP contribution in [0.15, 0.2) is 248 Å². The number of fused-ring (bicyclic) bond motifs is 16. The summed E-state index contributed by atoms with van der Waals surface area (Å²) in [5.74, 6) is 2.10. The Morgan fingerprint density at radius 3 is 1.15 bits per heavy atom. The number of amidine groups is 4. The highest BCUT2D eigenvalue weighted by Gasteiger charge is 2.54. The molecular formula is C73H52N8O6SSi. The van der Waals surface area contributed by atoms with Crippen molar-refractivity contribution in [3.8, 4) is 44.5 Å². The zero-order valence-corrected chi connectivity index (χ0v) is 49.8. The normalized spacial score (nSPS) is 15.2. The van der Waals surface area contributed by atoms with Crippen LogP contribution < -0.4 is 11.0 Å². The predicted octanol–water partition coefficient (Wildman–Crippen LogP) is 13.6. The van der Waals surface area contributed by atoms with Crippen molar-refractivity contribution in [2.45, 2.75) is 13.3 Å². The van der Waals surface area contributed by atoms with Gasteiger partial charge in [-0.1, -0.05) is 230 Å². The van der Waals surface area contributed by atoms with Crippen LogP contribution in [0.4, 0.5) is 11.6 Å². The highest BCUT2D eigenvalue weighted by molar-refractivity contribution is 8.13. The molecule has 14 nitrogen and oxygen atoms in total. The topological polar surface area (TPSA) is 166 Å². The Balaban J connectivity index is 1.21. The van der Waals surface area contributed by atoms with E-state index in [2.05, 4.69) is 97.1 Å². The van der Waals surface area contributed by atoms with Gasteiger partial charge in [-0.2, -0.15) is 0 Å². The molecule has 6 bridgehead atoms. The third kappa shape index (κ3) is 8.81. The number of aromatic nitrogens is 2. The zero-order valence-electron chi connectivity index (χ0n) is 48.0. The fourth-order valence-corrected chi connectivity index (χ4v) is 17.0. The van der Waals surface area contributed by atoms with Gasteiger partial charge in [0, 0.05) is 78.7 Å². The number of hydrogen-bond donors (Lipinski definition) is 1. The van der Waals surface area contributed by atoms with E-state index in [0.717, 1.165) is 100 Å². The van der Waals surface area contributed by atoms with Crippen molar-refractivity contribution in [3.05, 3.63) is 252 Å². The standard InChI is InChI=1S/C73H52N8O6SSi/c1-44(83)88-43-38-57(84)85-41-42-87-89(86-40-39-82)80-70-62-58(45-22-6-2-7-23-45)49-30-14-15-31-50(49)59(46-24-8-3-9-25-46)63(62)71(80)77-67-55-36-20-21-37-56(55)69(75-67)79-73-65-61(48-28-12-5-13-29-48)52-33-17-16-32-51(52)60(47-26-10-4-11-27-47)64(65)72(81(73)89)78-68-54-35-19-18-34-53(54)66(74-68)76-70/h2-37,82H,38-43H2,1H3. The van der Waals surface area contributed by atoms with Crippen molar-refractivity contribution in [1.29, 1.82) is 0 Å². The van der Waals surface area contributed by atoms with Crippen LogP contribution in [-0.4, -0.2) is 89.1 Å². The molecule has 0 spiro atoms. The predicted molar refractivity (Wildman–Crippen MR) is 356 cm³/mol. The lowest BCUT2D eigenvalue weighted by Gasteiger charge is -2.33. The minimum Gasteiger partial charge on any atom is -0.463 e. The summed E-state index contributed by atoms with van der Waals surface area (Å²) < 4.78 is 25.9. The maximum atomic E-state index is 13.7. The molecule has 16 rings (SSSR count). The molecule has 1 N–H and O–H groups in total. The monoisotopic (exact) mass is 1200 g/mol. The van der Waals surface area contributed by atoms with Crippen molar-refractivity contribution in [2.75, 3.05) is 32.2 Å². The second kappa shape index (κ2) is 22.1. The van der Waals surface area contributed by atoms with Crippen LogP contribution in [0.25, 0.3) is 87.6 Å². The molecule has 0 saturated carbocycles. The van der Waals surface area contributed by atoms with E-state index >= 15 is 0 Å². The van der Waals surface area contributed by atoms with E-state index in [-0.39, 0.29) is 37.1 Å². The number of nitrogens with zero attached hydrogens (tertiary/aromatic N) is 8. The Morgan fingerprint density at radius 1 is 0.416 bits per heavy atom. The third-order valence-electron chi connectivity index (χ3n) is 16.7. The van der Waals surface area contributed by atoms with Gasteiger partial charge >= 0.3 is 14.9 Å². The summed E-state index contributed by atoms with van der Waals surface area (Å²) in [6.07, 6.45) is -0.00332. The van der Waals surface area contributed by atoms with Gasteiger partial charge in [0.25, 0.3) is 0 Å². The van der Waals surface area contributed by atoms with Gasteiger partial charge < -0.3 is 18.7 Å². The SMILES string of the molecule is CC(=O)SCCC(=O)OCCO[Si]1(OCCO)n2c3c4c(-c5ccccc5)c5ccccc5c(-c5ccccc5)c4c2N=C2N=C(N=c4c5c(-c6ccccc6)c6ccccc6c(-c6ccccc6)c5c(n41)=NC1=NC(=N3)c3ccccc31)c1ccccc12. The Labute approximate surface area is 515 Å². The number of aliphatic hydroxyl groups excluding tert-OH is 1. The number of rotatable bonds is 14. The Morgan fingerprint density at radius 2 is 0.764 bits per heavy atom. The quantitative estimate of drug-likeness (QED) is 0.0643. The Hall–Kier alpha value is -10.3. The van der Waals surface area contributed by atoms with Gasteiger partial charge in [0.2, 0.25) is 0 Å². The van der Waals surface area contributed by atoms with Crippen molar-refractivity contribution in [1.82, 2.24) is 8.47 Å². The number of aliphatic imine (C=N–C) groups is 4. The van der Waals surface area contributed by atoms with Crippen molar-refractivity contribution in [3.63, 3.8) is 0 Å². The average molecular weight is 1200 g/mol. The zero-order chi connectivity index (χ0) is 59.7. The van der Waals surface area contributed by atoms with E-state index in [1.165, 1.54) is 6.92 Å². The molecule has 10 aromatic carbocycles. The molecule has 1 atom stereocenters. The minimum atomic E-state index is -5.07. The number of hydrogen-bond acceptors (Lipinski definition) is 13. The summed E-state index contributed by atoms with van der Waals surface area (Å²) in [7, 11) is -5.07. The van der Waals surface area contributed by atoms with Crippen molar-refractivity contribution >= 4 is 110 Å². The number of ether oxygens (including phenoxy) is 1. The van der Waals surface area contributed by atoms with Gasteiger partial charge in [-0.25, -0.2) is 30.0 Å². The first kappa shape index (κ1) is 54.1. The molecule has 4 aliphatic rings. The van der Waals surface area contributed by atoms with Crippen LogP contribution in [0.2, 0.25) is 0 Å². The molecular weight excluding hydrogens is 1150 g/mol. The number of carbonyl (C=O) groups excluding carboxylic acids is 2. The molecule has 12 aromatic rings. The number of esters is 1. The lowest BCUT2D eigenvalue weighted by atomic mass is 9.87. The largest absolute Gasteiger partial charge is 0.603 e. The lowest BCUT2D eigenvalue weighted by molar-refractivity contribution is -0.144. The highest BCUT2D eigenvalue weighted by atomic mass is 32.2. The average Bonchev–Trinajstić information content (AvgIpc) is 1.53. The summed E-state index contributed by atoms with van der Waals surface area (Å²) >= 11 is 1.06. The smallest absolute Gasteiger partial charge is 0.463 e. The summed E-state index contributed by atoms with van der Waals surface area (Å²) in [6.45, 7) is 0.311. The minimum absolute atomic E-state index is 0.00332. The second-order valence-corrected chi connectivity index (χ2v) is 25.7. The lowest BCUT2D eigenvalue weighted by Crippen LogP contribution is -2.64. The van der Waals surface area contributed by atoms with Gasteiger partial charge in [0.1, 0.15) is 29.2 Å². The van der Waals surface area contributed by atoms with E-state index in [0.29, 0.717) is 67.5 Å². The molecule has 16 heteroatoms. The molecule has 1 unspecified atom stereocenters. The Kier molecular flexibility index (Phi) is 13.4. The van der Waals surface area contributed by atoms with Crippen LogP contribution in [-0.2, 0) is 23.2 Å². The summed E-state index contributed by atoms with van der Waals surface area (Å²) in [4.78, 5) is 60.5. The van der Waals surface area contributed by atoms with Gasteiger partial charge in [-0.05, 0) is 43.8 Å². The summed E-state index contributed by atoms with van der Waals surface area (Å²) in [5, 5.41) is 18.1. The van der Waals surface area contributed by atoms with Crippen LogP contribution in [0, 0.1) is 0 Å². The van der Waals surface area contributed by atoms with Crippen LogP contribution in [0.5, 0.6) is 0 Å². The van der Waals surface area contributed by atoms with Gasteiger partial charge in [0.05, 0.1) is 26.2 Å². The van der Waals surface area contributed by atoms with Gasteiger partial charge in [-0.3, -0.25) is 18.1 Å². The van der Waals surface area contributed by atoms with E-state index in [4.69, 9.17) is 43.5 Å². The molecule has 0 radical (unpaired) electrons. The second-order valence-electron chi connectivity index (χ2n) is 21.9. The van der Waals surface area contributed by atoms with E-state index in [1.54, 1.807) is 0 Å². The Bertz CT molecular complexity index is 4930. The van der Waals surface area contributed by atoms with Crippen molar-refractivity contribution in [2.24, 2.45) is 30.0 Å². The summed E-state index contributed by atoms with van der Waals surface area (Å²) in [6, 6.07) is 74.2. The molecule has 0 fully saturated rings. The molecule has 89 heavy (non-hydrogen) atoms. The number of benzene rings is 10. The van der Waals surface area contributed by atoms with Crippen molar-refractivity contribution < 1.29 is 28.3 Å². The first-order chi connectivity index (χ1) is 43.9. The molecule has 6 heterocycles. The molecule has 0 aliphatic carbocycles. The fourth-order valence-electron chi connectivity index (χ4n) is 13.2. The highest BCUT2D eigenvalue weighted by Crippen LogP contribution is 2.54. The van der Waals surface area contributed by atoms with E-state index in [1.807, 2.05) is 130 Å². The third-order valence-corrected chi connectivity index (χ3v) is 20.7. The van der Waals surface area contributed by atoms with E-state index in [9.17, 15) is 14.7 Å². The number of carbonyl (C=O) groups is 2. The van der Waals surface area contributed by atoms with Crippen LogP contribution in [0.3, 0.4) is 0 Å². The number of aliphatic hydroxyl groups is 1. The molecule has 2 aromatic heterocycles. The first-order valence-electron chi connectivity index (χ1n) is 29.5. The maximum Gasteiger partial charge on any atom is 0.603 e. The molecule has 0 amide bonds. The van der Waals surface area contributed by atoms with Gasteiger partial charge in [0.15, 0.2) is 28.5 Å². The molecule has 430 valence electrons. The van der Waals surface area contributed by atoms with E-state index < -0.39 is 21.5 Å². The number of thioether (sulfide) groups is 1. The van der Waals surface area contributed by atoms with Crippen LogP contribution in [0.1, 0.15) is 35.6 Å². The molecule has 4 aliphatic heterocycles.